The summed E-state index contributed by atoms with van der Waals surface area (Å²) in [4.78, 5) is 0. The zero-order valence-corrected chi connectivity index (χ0v) is 19.2. The van der Waals surface area contributed by atoms with Gasteiger partial charge in [-0.15, -0.1) is 0 Å². The van der Waals surface area contributed by atoms with Crippen molar-refractivity contribution in [2.45, 2.75) is 33.2 Å². The van der Waals surface area contributed by atoms with Gasteiger partial charge >= 0.3 is 15.6 Å². The van der Waals surface area contributed by atoms with E-state index in [-0.39, 0.29) is 11.1 Å². The van der Waals surface area contributed by atoms with Gasteiger partial charge in [-0.25, -0.2) is 4.39 Å². The van der Waals surface area contributed by atoms with Gasteiger partial charge in [0.25, 0.3) is 0 Å². The molecule has 0 bridgehead atoms. The van der Waals surface area contributed by atoms with Gasteiger partial charge in [0.2, 0.25) is 5.82 Å². The van der Waals surface area contributed by atoms with Crippen LogP contribution in [0.5, 0.6) is 11.5 Å². The average Bonchev–Trinajstić information content (AvgIpc) is 3.28. The Bertz CT molecular complexity index is 1140. The Morgan fingerprint density at radius 2 is 1.45 bits per heavy atom. The second-order valence-electron chi connectivity index (χ2n) is 5.61. The zero-order chi connectivity index (χ0) is 25.4. The average molecular weight is 494 g/mol. The fourth-order valence-electron chi connectivity index (χ4n) is 2.44. The van der Waals surface area contributed by atoms with Crippen molar-refractivity contribution >= 4 is 10.1 Å². The Balaban J connectivity index is 0.00000129. The van der Waals surface area contributed by atoms with E-state index in [4.69, 9.17) is 4.74 Å². The van der Waals surface area contributed by atoms with Crippen molar-refractivity contribution in [3.05, 3.63) is 54.2 Å². The first kappa shape index (κ1) is 27.9. The number of H-pyrrole nitrogens is 1. The molecule has 0 aliphatic rings. The molecule has 1 N–H and O–H groups in total. The third-order valence-corrected chi connectivity index (χ3v) is 4.80. The lowest BCUT2D eigenvalue weighted by atomic mass is 10.0. The standard InChI is InChI=1S/C17H11F5N2O4S.2C2H6/c1-27-10-4-2-9(3-5-10)16-12(8-23-24-16)11-6-7-13(15(19)14(11)18)28-29(25,26)17(20,21)22;2*1-2/h2-8H,1H3,(H,23,24);2*1-2H3. The molecule has 3 aromatic rings. The molecule has 1 aromatic heterocycles. The molecule has 0 aliphatic heterocycles. The minimum Gasteiger partial charge on any atom is -0.497 e. The second-order valence-corrected chi connectivity index (χ2v) is 7.15. The number of hydrogen-bond acceptors (Lipinski definition) is 5. The van der Waals surface area contributed by atoms with Gasteiger partial charge < -0.3 is 8.92 Å². The summed E-state index contributed by atoms with van der Waals surface area (Å²) in [6.07, 6.45) is 1.18. The maximum atomic E-state index is 14.5. The highest BCUT2D eigenvalue weighted by Crippen LogP contribution is 2.37. The summed E-state index contributed by atoms with van der Waals surface area (Å²) in [5.41, 5.74) is -5.23. The molecule has 2 aromatic carbocycles. The predicted molar refractivity (Wildman–Crippen MR) is 114 cm³/mol. The molecule has 182 valence electrons. The number of nitrogens with zero attached hydrogens (tertiary/aromatic N) is 1. The summed E-state index contributed by atoms with van der Waals surface area (Å²) < 4.78 is 96.7. The summed E-state index contributed by atoms with van der Waals surface area (Å²) in [6.45, 7) is 8.00. The molecule has 1 heterocycles. The van der Waals surface area contributed by atoms with Gasteiger partial charge in [0.1, 0.15) is 5.75 Å². The molecule has 0 spiro atoms. The van der Waals surface area contributed by atoms with Crippen LogP contribution in [0.4, 0.5) is 22.0 Å². The molecule has 12 heteroatoms. The van der Waals surface area contributed by atoms with Crippen LogP contribution in [0.3, 0.4) is 0 Å². The Kier molecular flexibility index (Phi) is 9.83. The third kappa shape index (κ3) is 6.21. The molecule has 0 amide bonds. The molecule has 0 saturated heterocycles. The number of ether oxygens (including phenoxy) is 1. The fraction of sp³-hybridized carbons (Fsp3) is 0.286. The molecular formula is C21H23F5N2O4S. The zero-order valence-electron chi connectivity index (χ0n) is 18.4. The van der Waals surface area contributed by atoms with Crippen molar-refractivity contribution in [1.29, 1.82) is 0 Å². The van der Waals surface area contributed by atoms with Gasteiger partial charge in [-0.05, 0) is 36.4 Å². The van der Waals surface area contributed by atoms with Crippen LogP contribution in [-0.2, 0) is 10.1 Å². The number of halogens is 5. The van der Waals surface area contributed by atoms with Gasteiger partial charge in [-0.3, -0.25) is 5.10 Å². The lowest BCUT2D eigenvalue weighted by Crippen LogP contribution is -2.28. The smallest absolute Gasteiger partial charge is 0.497 e. The highest BCUT2D eigenvalue weighted by molar-refractivity contribution is 7.88. The lowest BCUT2D eigenvalue weighted by Gasteiger charge is -2.12. The molecule has 0 atom stereocenters. The molecule has 0 fully saturated rings. The maximum absolute atomic E-state index is 14.5. The number of methoxy groups -OCH3 is 1. The molecule has 0 saturated carbocycles. The Morgan fingerprint density at radius 3 is 1.97 bits per heavy atom. The largest absolute Gasteiger partial charge is 0.534 e. The molecule has 33 heavy (non-hydrogen) atoms. The van der Waals surface area contributed by atoms with Crippen molar-refractivity contribution in [1.82, 2.24) is 10.2 Å². The highest BCUT2D eigenvalue weighted by atomic mass is 32.2. The monoisotopic (exact) mass is 494 g/mol. The van der Waals surface area contributed by atoms with E-state index in [1.165, 1.54) is 13.3 Å². The number of rotatable bonds is 5. The van der Waals surface area contributed by atoms with Crippen LogP contribution in [0, 0.1) is 11.6 Å². The van der Waals surface area contributed by atoms with E-state index in [1.54, 1.807) is 24.3 Å². The number of aromatic nitrogens is 2. The summed E-state index contributed by atoms with van der Waals surface area (Å²) in [6, 6.07) is 7.96. The van der Waals surface area contributed by atoms with Gasteiger partial charge in [-0.1, -0.05) is 27.7 Å². The van der Waals surface area contributed by atoms with Crippen molar-refractivity contribution in [3.8, 4) is 33.9 Å². The first-order valence-electron chi connectivity index (χ1n) is 9.72. The Hall–Kier alpha value is -3.15. The van der Waals surface area contributed by atoms with Gasteiger partial charge in [0, 0.05) is 16.7 Å². The van der Waals surface area contributed by atoms with Crippen molar-refractivity contribution < 1.29 is 39.3 Å². The topological polar surface area (TPSA) is 81.3 Å². The van der Waals surface area contributed by atoms with Crippen LogP contribution >= 0.6 is 0 Å². The van der Waals surface area contributed by atoms with Gasteiger partial charge in [0.15, 0.2) is 11.6 Å². The minimum absolute atomic E-state index is 0.0943. The summed E-state index contributed by atoms with van der Waals surface area (Å²) >= 11 is 0. The van der Waals surface area contributed by atoms with Crippen LogP contribution in [0.25, 0.3) is 22.4 Å². The van der Waals surface area contributed by atoms with Crippen LogP contribution in [0.2, 0.25) is 0 Å². The number of nitrogens with one attached hydrogen (secondary N) is 1. The minimum atomic E-state index is -6.15. The first-order chi connectivity index (χ1) is 15.5. The van der Waals surface area contributed by atoms with Crippen LogP contribution in [0.15, 0.2) is 42.6 Å². The summed E-state index contributed by atoms with van der Waals surface area (Å²) in [5.74, 6) is -4.36. The van der Waals surface area contributed by atoms with E-state index >= 15 is 0 Å². The van der Waals surface area contributed by atoms with Crippen molar-refractivity contribution in [2.24, 2.45) is 0 Å². The van der Waals surface area contributed by atoms with Gasteiger partial charge in [0.05, 0.1) is 19.0 Å². The van der Waals surface area contributed by atoms with E-state index in [9.17, 15) is 30.4 Å². The third-order valence-electron chi connectivity index (χ3n) is 3.84. The molecule has 0 aliphatic carbocycles. The molecule has 3 rings (SSSR count). The number of alkyl halides is 3. The number of benzene rings is 2. The molecule has 6 nitrogen and oxygen atoms in total. The second kappa shape index (κ2) is 11.6. The summed E-state index contributed by atoms with van der Waals surface area (Å²) in [7, 11) is -4.68. The lowest BCUT2D eigenvalue weighted by molar-refractivity contribution is -0.0501. The van der Waals surface area contributed by atoms with Crippen LogP contribution < -0.4 is 8.92 Å². The van der Waals surface area contributed by atoms with E-state index in [2.05, 4.69) is 14.4 Å². The maximum Gasteiger partial charge on any atom is 0.534 e. The summed E-state index contributed by atoms with van der Waals surface area (Å²) in [5, 5.41) is 6.40. The number of aromatic amines is 1. The fourth-order valence-corrected chi connectivity index (χ4v) is 2.90. The molecular weight excluding hydrogens is 471 g/mol. The van der Waals surface area contributed by atoms with Gasteiger partial charge in [-0.2, -0.15) is 31.1 Å². The molecule has 0 radical (unpaired) electrons. The van der Waals surface area contributed by atoms with E-state index in [0.29, 0.717) is 23.1 Å². The van der Waals surface area contributed by atoms with Crippen LogP contribution in [-0.4, -0.2) is 31.2 Å². The quantitative estimate of drug-likeness (QED) is 0.255. The normalized spacial score (nSPS) is 11.0. The number of hydrogen-bond donors (Lipinski definition) is 1. The predicted octanol–water partition coefficient (Wildman–Crippen LogP) is 6.31. The SMILES string of the molecule is CC.CC.COc1ccc(-c2[nH]ncc2-c2ccc(OS(=O)(=O)C(F)(F)F)c(F)c2F)cc1. The highest BCUT2D eigenvalue weighted by Gasteiger charge is 2.49. The van der Waals surface area contributed by atoms with E-state index in [0.717, 1.165) is 6.07 Å². The van der Waals surface area contributed by atoms with Crippen molar-refractivity contribution in [2.75, 3.05) is 7.11 Å². The molecule has 0 unspecified atom stereocenters. The van der Waals surface area contributed by atoms with E-state index < -0.39 is 33.0 Å². The van der Waals surface area contributed by atoms with Crippen LogP contribution in [0.1, 0.15) is 27.7 Å². The van der Waals surface area contributed by atoms with E-state index in [1.807, 2.05) is 27.7 Å². The van der Waals surface area contributed by atoms with Crippen molar-refractivity contribution in [3.63, 3.8) is 0 Å². The Labute approximate surface area is 188 Å². The Morgan fingerprint density at radius 1 is 0.879 bits per heavy atom. The first-order valence-corrected chi connectivity index (χ1v) is 11.1.